The van der Waals surface area contributed by atoms with Crippen LogP contribution >= 0.6 is 11.8 Å². The number of fused-ring (bicyclic) bond motifs is 1. The Hall–Kier alpha value is -2.67. The van der Waals surface area contributed by atoms with E-state index in [1.54, 1.807) is 43.3 Å². The number of para-hydroxylation sites is 1. The van der Waals surface area contributed by atoms with Crippen molar-refractivity contribution in [3.8, 4) is 0 Å². The summed E-state index contributed by atoms with van der Waals surface area (Å²) >= 11 is 1.13. The summed E-state index contributed by atoms with van der Waals surface area (Å²) in [6.45, 7) is 1.89. The number of nitrogens with zero attached hydrogens (tertiary/aromatic N) is 2. The molecule has 0 saturated heterocycles. The first-order valence-corrected chi connectivity index (χ1v) is 8.53. The summed E-state index contributed by atoms with van der Waals surface area (Å²) in [6.07, 6.45) is 0. The summed E-state index contributed by atoms with van der Waals surface area (Å²) in [4.78, 5) is 28.8. The zero-order valence-corrected chi connectivity index (χ0v) is 14.3. The van der Waals surface area contributed by atoms with E-state index in [4.69, 9.17) is 5.73 Å². The fourth-order valence-corrected chi connectivity index (χ4v) is 3.22. The van der Waals surface area contributed by atoms with Crippen molar-refractivity contribution < 1.29 is 9.18 Å². The van der Waals surface area contributed by atoms with Gasteiger partial charge in [-0.3, -0.25) is 14.2 Å². The maximum Gasteiger partial charge on any atom is 0.262 e. The average molecular weight is 357 g/mol. The molecule has 5 nitrogen and oxygen atoms in total. The third-order valence-corrected chi connectivity index (χ3v) is 4.87. The van der Waals surface area contributed by atoms with Gasteiger partial charge in [0.25, 0.3) is 5.56 Å². The molecule has 1 atom stereocenters. The number of primary amides is 1. The van der Waals surface area contributed by atoms with Crippen molar-refractivity contribution in [1.82, 2.24) is 9.55 Å². The lowest BCUT2D eigenvalue weighted by Gasteiger charge is -2.15. The van der Waals surface area contributed by atoms with Gasteiger partial charge in [0.2, 0.25) is 5.91 Å². The van der Waals surface area contributed by atoms with Crippen molar-refractivity contribution in [2.75, 3.05) is 0 Å². The molecule has 3 rings (SSSR count). The Balaban J connectivity index is 2.12. The molecule has 0 saturated carbocycles. The minimum atomic E-state index is -0.535. The van der Waals surface area contributed by atoms with Crippen molar-refractivity contribution >= 4 is 28.6 Å². The Labute approximate surface area is 147 Å². The molecule has 1 heterocycles. The number of thioether (sulfide) groups is 1. The lowest BCUT2D eigenvalue weighted by molar-refractivity contribution is -0.117. The SMILES string of the molecule is C[C@@H](Sc1nc2ccccc2c(=O)n1Cc1ccc(F)cc1)C(N)=O. The van der Waals surface area contributed by atoms with E-state index in [-0.39, 0.29) is 17.9 Å². The molecule has 0 bridgehead atoms. The minimum Gasteiger partial charge on any atom is -0.369 e. The summed E-state index contributed by atoms with van der Waals surface area (Å²) in [7, 11) is 0. The van der Waals surface area contributed by atoms with E-state index < -0.39 is 11.2 Å². The fraction of sp³-hybridized carbons (Fsp3) is 0.167. The molecule has 128 valence electrons. The molecule has 7 heteroatoms. The van der Waals surface area contributed by atoms with E-state index in [1.807, 2.05) is 0 Å². The van der Waals surface area contributed by atoms with Crippen LogP contribution in [0, 0.1) is 5.82 Å². The van der Waals surface area contributed by atoms with Crippen LogP contribution in [0.3, 0.4) is 0 Å². The van der Waals surface area contributed by atoms with Gasteiger partial charge in [-0.2, -0.15) is 0 Å². The standard InChI is InChI=1S/C18H16FN3O2S/c1-11(16(20)23)25-18-21-15-5-3-2-4-14(15)17(24)22(18)10-12-6-8-13(19)9-7-12/h2-9,11H,10H2,1H3,(H2,20,23)/t11-/m1/s1. The maximum absolute atomic E-state index is 13.1. The molecular weight excluding hydrogens is 341 g/mol. The van der Waals surface area contributed by atoms with E-state index in [9.17, 15) is 14.0 Å². The van der Waals surface area contributed by atoms with Crippen LogP contribution in [0.5, 0.6) is 0 Å². The van der Waals surface area contributed by atoms with Crippen LogP contribution in [-0.4, -0.2) is 20.7 Å². The van der Waals surface area contributed by atoms with E-state index >= 15 is 0 Å². The quantitative estimate of drug-likeness (QED) is 0.562. The minimum absolute atomic E-state index is 0.214. The van der Waals surface area contributed by atoms with Gasteiger partial charge < -0.3 is 5.73 Å². The molecule has 0 fully saturated rings. The predicted octanol–water partition coefficient (Wildman–Crippen LogP) is 2.55. The van der Waals surface area contributed by atoms with Crippen molar-refractivity contribution in [2.24, 2.45) is 5.73 Å². The van der Waals surface area contributed by atoms with Crippen molar-refractivity contribution in [2.45, 2.75) is 23.9 Å². The van der Waals surface area contributed by atoms with Crippen LogP contribution < -0.4 is 11.3 Å². The second-order valence-electron chi connectivity index (χ2n) is 5.59. The zero-order chi connectivity index (χ0) is 18.0. The van der Waals surface area contributed by atoms with Gasteiger partial charge >= 0.3 is 0 Å². The number of hydrogen-bond acceptors (Lipinski definition) is 4. The van der Waals surface area contributed by atoms with E-state index in [0.717, 1.165) is 17.3 Å². The molecule has 2 N–H and O–H groups in total. The number of nitrogens with two attached hydrogens (primary N) is 1. The predicted molar refractivity (Wildman–Crippen MR) is 96.0 cm³/mol. The highest BCUT2D eigenvalue weighted by atomic mass is 32.2. The normalized spacial score (nSPS) is 12.2. The van der Waals surface area contributed by atoms with Gasteiger partial charge in [-0.25, -0.2) is 9.37 Å². The van der Waals surface area contributed by atoms with Gasteiger partial charge in [-0.15, -0.1) is 0 Å². The molecule has 25 heavy (non-hydrogen) atoms. The Kier molecular flexibility index (Phi) is 4.85. The molecule has 0 aliphatic heterocycles. The molecule has 2 aromatic carbocycles. The van der Waals surface area contributed by atoms with Crippen molar-refractivity contribution in [3.63, 3.8) is 0 Å². The monoisotopic (exact) mass is 357 g/mol. The van der Waals surface area contributed by atoms with Crippen LogP contribution in [0.4, 0.5) is 4.39 Å². The second kappa shape index (κ2) is 7.06. The molecule has 1 aromatic heterocycles. The zero-order valence-electron chi connectivity index (χ0n) is 13.5. The lowest BCUT2D eigenvalue weighted by atomic mass is 10.2. The van der Waals surface area contributed by atoms with Gasteiger partial charge in [-0.05, 0) is 36.8 Å². The van der Waals surface area contributed by atoms with Crippen LogP contribution in [-0.2, 0) is 11.3 Å². The number of hydrogen-bond donors (Lipinski definition) is 1. The Morgan fingerprint density at radius 2 is 1.92 bits per heavy atom. The van der Waals surface area contributed by atoms with Gasteiger partial charge in [0.1, 0.15) is 5.82 Å². The average Bonchev–Trinajstić information content (AvgIpc) is 2.60. The van der Waals surface area contributed by atoms with Crippen LogP contribution in [0.2, 0.25) is 0 Å². The smallest absolute Gasteiger partial charge is 0.262 e. The highest BCUT2D eigenvalue weighted by molar-refractivity contribution is 8.00. The molecular formula is C18H16FN3O2S. The third-order valence-electron chi connectivity index (χ3n) is 3.76. The molecule has 0 aliphatic carbocycles. The van der Waals surface area contributed by atoms with Gasteiger partial charge in [0, 0.05) is 0 Å². The summed E-state index contributed by atoms with van der Waals surface area (Å²) in [5.74, 6) is -0.828. The Bertz CT molecular complexity index is 986. The summed E-state index contributed by atoms with van der Waals surface area (Å²) < 4.78 is 14.6. The fourth-order valence-electron chi connectivity index (χ4n) is 2.37. The lowest BCUT2D eigenvalue weighted by Crippen LogP contribution is -2.27. The number of carbonyl (C=O) groups excluding carboxylic acids is 1. The number of carbonyl (C=O) groups is 1. The van der Waals surface area contributed by atoms with Crippen LogP contribution in [0.15, 0.2) is 58.5 Å². The first-order valence-electron chi connectivity index (χ1n) is 7.65. The van der Waals surface area contributed by atoms with Gasteiger partial charge in [0.15, 0.2) is 5.16 Å². The van der Waals surface area contributed by atoms with Crippen molar-refractivity contribution in [1.29, 1.82) is 0 Å². The first-order chi connectivity index (χ1) is 12.0. The molecule has 0 unspecified atom stereocenters. The summed E-state index contributed by atoms with van der Waals surface area (Å²) in [5, 5.41) is 0.354. The molecule has 3 aromatic rings. The van der Waals surface area contributed by atoms with Crippen LogP contribution in [0.25, 0.3) is 10.9 Å². The highest BCUT2D eigenvalue weighted by Crippen LogP contribution is 2.23. The highest BCUT2D eigenvalue weighted by Gasteiger charge is 2.17. The number of aromatic nitrogens is 2. The topological polar surface area (TPSA) is 78.0 Å². The van der Waals surface area contributed by atoms with E-state index in [0.29, 0.717) is 16.1 Å². The second-order valence-corrected chi connectivity index (χ2v) is 6.90. The number of amides is 1. The largest absolute Gasteiger partial charge is 0.369 e. The number of benzene rings is 2. The van der Waals surface area contributed by atoms with Gasteiger partial charge in [-0.1, -0.05) is 36.0 Å². The number of halogens is 1. The maximum atomic E-state index is 13.1. The molecule has 0 aliphatic rings. The Morgan fingerprint density at radius 1 is 1.24 bits per heavy atom. The summed E-state index contributed by atoms with van der Waals surface area (Å²) in [6, 6.07) is 12.9. The summed E-state index contributed by atoms with van der Waals surface area (Å²) in [5.41, 5.74) is 6.44. The third kappa shape index (κ3) is 3.71. The molecule has 0 radical (unpaired) electrons. The number of rotatable bonds is 5. The van der Waals surface area contributed by atoms with Gasteiger partial charge in [0.05, 0.1) is 22.7 Å². The molecule has 0 spiro atoms. The van der Waals surface area contributed by atoms with Crippen LogP contribution in [0.1, 0.15) is 12.5 Å². The Morgan fingerprint density at radius 3 is 2.60 bits per heavy atom. The first kappa shape index (κ1) is 17.2. The molecule has 1 amide bonds. The van der Waals surface area contributed by atoms with E-state index in [2.05, 4.69) is 4.98 Å². The van der Waals surface area contributed by atoms with E-state index in [1.165, 1.54) is 16.7 Å². The van der Waals surface area contributed by atoms with Crippen molar-refractivity contribution in [3.05, 3.63) is 70.3 Å².